The van der Waals surface area contributed by atoms with Crippen molar-refractivity contribution in [1.82, 2.24) is 15.0 Å². The summed E-state index contributed by atoms with van der Waals surface area (Å²) in [5.41, 5.74) is 2.64. The van der Waals surface area contributed by atoms with E-state index in [2.05, 4.69) is 26.2 Å². The van der Waals surface area contributed by atoms with Gasteiger partial charge in [-0.1, -0.05) is 27.2 Å². The first kappa shape index (κ1) is 12.3. The summed E-state index contributed by atoms with van der Waals surface area (Å²) in [5, 5.41) is 18.1. The van der Waals surface area contributed by atoms with Gasteiger partial charge in [-0.2, -0.15) is 0 Å². The highest BCUT2D eigenvalue weighted by molar-refractivity contribution is 9.10. The second kappa shape index (κ2) is 4.98. The average Bonchev–Trinajstić information content (AvgIpc) is 2.76. The Labute approximate surface area is 108 Å². The lowest BCUT2D eigenvalue weighted by Crippen LogP contribution is -2.10. The van der Waals surface area contributed by atoms with Crippen LogP contribution in [0.2, 0.25) is 0 Å². The summed E-state index contributed by atoms with van der Waals surface area (Å²) in [4.78, 5) is 0. The Bertz CT molecular complexity index is 524. The molecule has 0 aliphatic carbocycles. The van der Waals surface area contributed by atoms with E-state index < -0.39 is 6.10 Å². The maximum atomic E-state index is 10.3. The van der Waals surface area contributed by atoms with Crippen molar-refractivity contribution >= 4 is 15.9 Å². The number of benzene rings is 1. The minimum absolute atomic E-state index is 0.682. The van der Waals surface area contributed by atoms with Crippen molar-refractivity contribution in [2.45, 2.75) is 26.5 Å². The van der Waals surface area contributed by atoms with E-state index in [0.29, 0.717) is 6.54 Å². The maximum Gasteiger partial charge on any atom is 0.123 e. The quantitative estimate of drug-likeness (QED) is 0.946. The molecule has 0 radical (unpaired) electrons. The molecule has 2 aromatic rings. The molecule has 0 fully saturated rings. The molecular weight excluding hydrogens is 282 g/mol. The fraction of sp³-hybridized carbons (Fsp3) is 0.333. The molecule has 0 saturated heterocycles. The highest BCUT2D eigenvalue weighted by Crippen LogP contribution is 2.26. The monoisotopic (exact) mass is 295 g/mol. The van der Waals surface area contributed by atoms with Gasteiger partial charge in [0.25, 0.3) is 0 Å². The van der Waals surface area contributed by atoms with Crippen molar-refractivity contribution in [3.8, 4) is 0 Å². The molecule has 4 nitrogen and oxygen atoms in total. The van der Waals surface area contributed by atoms with Crippen molar-refractivity contribution in [1.29, 1.82) is 0 Å². The molecule has 2 rings (SSSR count). The number of hydrogen-bond acceptors (Lipinski definition) is 3. The predicted molar refractivity (Wildman–Crippen MR) is 68.6 cm³/mol. The second-order valence-electron chi connectivity index (χ2n) is 3.88. The molecule has 5 heteroatoms. The Hall–Kier alpha value is -1.20. The molecule has 0 aliphatic rings. The first-order chi connectivity index (χ1) is 8.13. The zero-order valence-corrected chi connectivity index (χ0v) is 11.3. The Morgan fingerprint density at radius 3 is 2.88 bits per heavy atom. The van der Waals surface area contributed by atoms with Gasteiger partial charge in [0.15, 0.2) is 0 Å². The summed E-state index contributed by atoms with van der Waals surface area (Å²) in [6.45, 7) is 4.64. The summed E-state index contributed by atoms with van der Waals surface area (Å²) in [6.07, 6.45) is 0.924. The number of aliphatic hydroxyl groups excluding tert-OH is 1. The molecule has 90 valence electrons. The zero-order chi connectivity index (χ0) is 12.4. The molecular formula is C12H14BrN3O. The fourth-order valence-electron chi connectivity index (χ4n) is 1.83. The Morgan fingerprint density at radius 2 is 2.24 bits per heavy atom. The maximum absolute atomic E-state index is 10.3. The molecule has 0 bridgehead atoms. The average molecular weight is 296 g/mol. The highest BCUT2D eigenvalue weighted by atomic mass is 79.9. The fourth-order valence-corrected chi connectivity index (χ4v) is 2.30. The van der Waals surface area contributed by atoms with Gasteiger partial charge in [-0.25, -0.2) is 4.68 Å². The second-order valence-corrected chi connectivity index (χ2v) is 4.79. The highest BCUT2D eigenvalue weighted by Gasteiger charge is 2.17. The molecule has 0 saturated carbocycles. The largest absolute Gasteiger partial charge is 0.382 e. The number of aromatic nitrogens is 3. The van der Waals surface area contributed by atoms with Crippen molar-refractivity contribution in [3.63, 3.8) is 0 Å². The van der Waals surface area contributed by atoms with Crippen LogP contribution in [0.3, 0.4) is 0 Å². The number of nitrogens with zero attached hydrogens (tertiary/aromatic N) is 3. The van der Waals surface area contributed by atoms with Crippen LogP contribution in [0.5, 0.6) is 0 Å². The van der Waals surface area contributed by atoms with Crippen LogP contribution in [0.25, 0.3) is 0 Å². The molecule has 1 aromatic heterocycles. The van der Waals surface area contributed by atoms with Gasteiger partial charge in [-0.3, -0.25) is 0 Å². The van der Waals surface area contributed by atoms with Crippen molar-refractivity contribution < 1.29 is 5.11 Å². The number of rotatable bonds is 3. The molecule has 1 unspecified atom stereocenters. The molecule has 0 aliphatic heterocycles. The number of aryl methyl sites for hydroxylation is 2. The van der Waals surface area contributed by atoms with E-state index in [-0.39, 0.29) is 0 Å². The minimum atomic E-state index is -0.682. The third-order valence-corrected chi connectivity index (χ3v) is 3.25. The molecule has 1 heterocycles. The van der Waals surface area contributed by atoms with Crippen LogP contribution in [0.1, 0.15) is 29.8 Å². The smallest absolute Gasteiger partial charge is 0.123 e. The lowest BCUT2D eigenvalue weighted by Gasteiger charge is -2.14. The standard InChI is InChI=1S/C12H14BrN3O/c1-3-16-11(7-14-15-16)12(17)10-5-4-9(13)6-8(10)2/h4-7,12,17H,3H2,1-2H3. The zero-order valence-electron chi connectivity index (χ0n) is 9.76. The van der Waals surface area contributed by atoms with Crippen LogP contribution >= 0.6 is 15.9 Å². The first-order valence-corrected chi connectivity index (χ1v) is 6.25. The van der Waals surface area contributed by atoms with E-state index in [0.717, 1.165) is 21.3 Å². The van der Waals surface area contributed by atoms with Crippen LogP contribution in [-0.2, 0) is 6.54 Å². The van der Waals surface area contributed by atoms with E-state index >= 15 is 0 Å². The third-order valence-electron chi connectivity index (χ3n) is 2.75. The van der Waals surface area contributed by atoms with Crippen LogP contribution < -0.4 is 0 Å². The van der Waals surface area contributed by atoms with Gasteiger partial charge in [0.05, 0.1) is 11.9 Å². The van der Waals surface area contributed by atoms with Gasteiger partial charge < -0.3 is 5.11 Å². The molecule has 17 heavy (non-hydrogen) atoms. The first-order valence-electron chi connectivity index (χ1n) is 5.46. The van der Waals surface area contributed by atoms with Gasteiger partial charge in [0, 0.05) is 11.0 Å². The van der Waals surface area contributed by atoms with Gasteiger partial charge in [-0.15, -0.1) is 5.10 Å². The SMILES string of the molecule is CCn1nncc1C(O)c1ccc(Br)cc1C. The lowest BCUT2D eigenvalue weighted by molar-refractivity contribution is 0.207. The van der Waals surface area contributed by atoms with Gasteiger partial charge in [-0.05, 0) is 37.1 Å². The van der Waals surface area contributed by atoms with Crippen LogP contribution in [0.4, 0.5) is 0 Å². The van der Waals surface area contributed by atoms with E-state index in [1.165, 1.54) is 0 Å². The molecule has 0 amide bonds. The summed E-state index contributed by atoms with van der Waals surface area (Å²) >= 11 is 3.41. The number of hydrogen-bond donors (Lipinski definition) is 1. The summed E-state index contributed by atoms with van der Waals surface area (Å²) < 4.78 is 2.71. The Balaban J connectivity index is 2.40. The van der Waals surface area contributed by atoms with E-state index in [4.69, 9.17) is 0 Å². The van der Waals surface area contributed by atoms with Crippen molar-refractivity contribution in [3.05, 3.63) is 45.7 Å². The topological polar surface area (TPSA) is 50.9 Å². The minimum Gasteiger partial charge on any atom is -0.382 e. The van der Waals surface area contributed by atoms with Gasteiger partial charge in [0.1, 0.15) is 6.10 Å². The summed E-state index contributed by atoms with van der Waals surface area (Å²) in [5.74, 6) is 0. The van der Waals surface area contributed by atoms with Crippen molar-refractivity contribution in [2.75, 3.05) is 0 Å². The number of aliphatic hydroxyl groups is 1. The Morgan fingerprint density at radius 1 is 1.47 bits per heavy atom. The van der Waals surface area contributed by atoms with Crippen LogP contribution in [0, 0.1) is 6.92 Å². The summed E-state index contributed by atoms with van der Waals surface area (Å²) in [7, 11) is 0. The van der Waals surface area contributed by atoms with Crippen LogP contribution in [-0.4, -0.2) is 20.1 Å². The summed E-state index contributed by atoms with van der Waals surface area (Å²) in [6, 6.07) is 5.82. The van der Waals surface area contributed by atoms with Crippen molar-refractivity contribution in [2.24, 2.45) is 0 Å². The Kier molecular flexibility index (Phi) is 3.59. The molecule has 1 N–H and O–H groups in total. The number of halogens is 1. The van der Waals surface area contributed by atoms with Gasteiger partial charge in [0.2, 0.25) is 0 Å². The molecule has 0 spiro atoms. The normalized spacial score (nSPS) is 12.7. The van der Waals surface area contributed by atoms with E-state index in [1.54, 1.807) is 10.9 Å². The third kappa shape index (κ3) is 2.40. The van der Waals surface area contributed by atoms with Gasteiger partial charge >= 0.3 is 0 Å². The van der Waals surface area contributed by atoms with E-state index in [1.807, 2.05) is 32.0 Å². The predicted octanol–water partition coefficient (Wildman–Crippen LogP) is 2.45. The molecule has 1 aromatic carbocycles. The molecule has 1 atom stereocenters. The lowest BCUT2D eigenvalue weighted by atomic mass is 10.0. The van der Waals surface area contributed by atoms with Crippen LogP contribution in [0.15, 0.2) is 28.9 Å². The van der Waals surface area contributed by atoms with E-state index in [9.17, 15) is 5.11 Å².